The highest BCUT2D eigenvalue weighted by Crippen LogP contribution is 2.29. The SMILES string of the molecule is N#C/C(=C\c1cn(Cc2ccc(C(F)(F)F)cc2)c2ncccc12)C(=O)O. The number of pyridine rings is 1. The monoisotopic (exact) mass is 371 g/mol. The molecular formula is C19H12F3N3O2. The van der Waals surface area contributed by atoms with Crippen LogP contribution in [0.5, 0.6) is 0 Å². The number of aromatic nitrogens is 2. The number of benzene rings is 1. The first-order chi connectivity index (χ1) is 12.8. The Balaban J connectivity index is 2.01. The lowest BCUT2D eigenvalue weighted by molar-refractivity contribution is -0.137. The molecule has 136 valence electrons. The number of fused-ring (bicyclic) bond motifs is 1. The molecule has 0 saturated carbocycles. The summed E-state index contributed by atoms with van der Waals surface area (Å²) in [6, 6.07) is 9.80. The number of alkyl halides is 3. The molecule has 2 heterocycles. The molecule has 0 fully saturated rings. The predicted octanol–water partition coefficient (Wildman–Crippen LogP) is 4.09. The van der Waals surface area contributed by atoms with Crippen LogP contribution < -0.4 is 0 Å². The molecule has 3 rings (SSSR count). The van der Waals surface area contributed by atoms with Crippen LogP contribution in [0.1, 0.15) is 16.7 Å². The summed E-state index contributed by atoms with van der Waals surface area (Å²) in [6.45, 7) is 0.244. The van der Waals surface area contributed by atoms with Gasteiger partial charge in [0.25, 0.3) is 0 Å². The normalized spacial score (nSPS) is 12.1. The van der Waals surface area contributed by atoms with Crippen LogP contribution in [0.4, 0.5) is 13.2 Å². The summed E-state index contributed by atoms with van der Waals surface area (Å²) in [5.74, 6) is -1.34. The molecule has 0 atom stereocenters. The average molecular weight is 371 g/mol. The van der Waals surface area contributed by atoms with Crippen LogP contribution in [0.2, 0.25) is 0 Å². The maximum absolute atomic E-state index is 12.7. The minimum absolute atomic E-state index is 0.244. The van der Waals surface area contributed by atoms with E-state index in [1.807, 2.05) is 0 Å². The molecule has 8 heteroatoms. The number of rotatable bonds is 4. The van der Waals surface area contributed by atoms with E-state index in [0.717, 1.165) is 12.1 Å². The molecule has 1 N–H and O–H groups in total. The Hall–Kier alpha value is -3.60. The van der Waals surface area contributed by atoms with Crippen LogP contribution >= 0.6 is 0 Å². The number of halogens is 3. The number of nitrogens with zero attached hydrogens (tertiary/aromatic N) is 3. The number of aliphatic carboxylic acids is 1. The summed E-state index contributed by atoms with van der Waals surface area (Å²) < 4.78 is 39.7. The maximum Gasteiger partial charge on any atom is 0.416 e. The average Bonchev–Trinajstić information content (AvgIpc) is 2.97. The van der Waals surface area contributed by atoms with E-state index in [-0.39, 0.29) is 6.54 Å². The largest absolute Gasteiger partial charge is 0.477 e. The lowest BCUT2D eigenvalue weighted by atomic mass is 10.1. The summed E-state index contributed by atoms with van der Waals surface area (Å²) >= 11 is 0. The second-order valence-corrected chi connectivity index (χ2v) is 5.76. The Morgan fingerprint density at radius 2 is 1.96 bits per heavy atom. The van der Waals surface area contributed by atoms with Crippen LogP contribution in [0.25, 0.3) is 17.1 Å². The molecule has 0 bridgehead atoms. The molecule has 0 radical (unpaired) electrons. The quantitative estimate of drug-likeness (QED) is 0.553. The number of carboxylic acids is 1. The van der Waals surface area contributed by atoms with Gasteiger partial charge in [-0.15, -0.1) is 0 Å². The van der Waals surface area contributed by atoms with Gasteiger partial charge in [-0.3, -0.25) is 0 Å². The van der Waals surface area contributed by atoms with E-state index >= 15 is 0 Å². The highest BCUT2D eigenvalue weighted by Gasteiger charge is 2.29. The smallest absolute Gasteiger partial charge is 0.416 e. The van der Waals surface area contributed by atoms with Gasteiger partial charge in [0.15, 0.2) is 0 Å². The number of carbonyl (C=O) groups is 1. The number of nitriles is 1. The van der Waals surface area contributed by atoms with Crippen LogP contribution in [0.15, 0.2) is 54.4 Å². The molecule has 2 aromatic heterocycles. The van der Waals surface area contributed by atoms with E-state index in [1.54, 1.807) is 35.2 Å². The minimum Gasteiger partial charge on any atom is -0.477 e. The van der Waals surface area contributed by atoms with Gasteiger partial charge in [0, 0.05) is 29.9 Å². The topological polar surface area (TPSA) is 78.9 Å². The fourth-order valence-corrected chi connectivity index (χ4v) is 2.68. The predicted molar refractivity (Wildman–Crippen MR) is 91.5 cm³/mol. The van der Waals surface area contributed by atoms with Crippen molar-refractivity contribution in [1.82, 2.24) is 9.55 Å². The fourth-order valence-electron chi connectivity index (χ4n) is 2.68. The van der Waals surface area contributed by atoms with Crippen molar-refractivity contribution >= 4 is 23.1 Å². The number of carboxylic acid groups (broad SMARTS) is 1. The van der Waals surface area contributed by atoms with Crippen LogP contribution in [0, 0.1) is 11.3 Å². The summed E-state index contributed by atoms with van der Waals surface area (Å²) in [7, 11) is 0. The van der Waals surface area contributed by atoms with E-state index in [9.17, 15) is 18.0 Å². The Bertz CT molecular complexity index is 1070. The van der Waals surface area contributed by atoms with E-state index < -0.39 is 23.3 Å². The molecule has 3 aromatic rings. The minimum atomic E-state index is -4.40. The van der Waals surface area contributed by atoms with Crippen molar-refractivity contribution in [3.63, 3.8) is 0 Å². The Morgan fingerprint density at radius 1 is 1.26 bits per heavy atom. The van der Waals surface area contributed by atoms with Crippen molar-refractivity contribution in [2.45, 2.75) is 12.7 Å². The molecule has 1 aromatic carbocycles. The van der Waals surface area contributed by atoms with Gasteiger partial charge in [0.1, 0.15) is 17.3 Å². The summed E-state index contributed by atoms with van der Waals surface area (Å²) in [4.78, 5) is 15.3. The van der Waals surface area contributed by atoms with Crippen molar-refractivity contribution in [2.75, 3.05) is 0 Å². The maximum atomic E-state index is 12.7. The van der Waals surface area contributed by atoms with Crippen molar-refractivity contribution in [1.29, 1.82) is 5.26 Å². The molecule has 0 spiro atoms. The van der Waals surface area contributed by atoms with Gasteiger partial charge in [0.05, 0.1) is 5.56 Å². The van der Waals surface area contributed by atoms with Gasteiger partial charge in [0.2, 0.25) is 0 Å². The summed E-state index contributed by atoms with van der Waals surface area (Å²) in [5.41, 5.74) is 0.494. The van der Waals surface area contributed by atoms with E-state index in [1.165, 1.54) is 18.2 Å². The van der Waals surface area contributed by atoms with Gasteiger partial charge in [-0.1, -0.05) is 12.1 Å². The molecule has 0 aliphatic carbocycles. The lowest BCUT2D eigenvalue weighted by Crippen LogP contribution is -2.05. The third-order valence-electron chi connectivity index (χ3n) is 3.95. The van der Waals surface area contributed by atoms with E-state index in [0.29, 0.717) is 22.2 Å². The first kappa shape index (κ1) is 18.2. The first-order valence-corrected chi connectivity index (χ1v) is 7.74. The van der Waals surface area contributed by atoms with E-state index in [4.69, 9.17) is 10.4 Å². The number of hydrogen-bond donors (Lipinski definition) is 1. The molecular weight excluding hydrogens is 359 g/mol. The van der Waals surface area contributed by atoms with Crippen molar-refractivity contribution in [2.24, 2.45) is 0 Å². The van der Waals surface area contributed by atoms with Gasteiger partial charge < -0.3 is 9.67 Å². The highest BCUT2D eigenvalue weighted by molar-refractivity contribution is 5.99. The second-order valence-electron chi connectivity index (χ2n) is 5.76. The Kier molecular flexibility index (Phi) is 4.69. The van der Waals surface area contributed by atoms with Gasteiger partial charge in [-0.25, -0.2) is 9.78 Å². The molecule has 0 unspecified atom stereocenters. The van der Waals surface area contributed by atoms with Gasteiger partial charge >= 0.3 is 12.1 Å². The summed E-state index contributed by atoms with van der Waals surface area (Å²) in [6.07, 6.45) is 0.0232. The van der Waals surface area contributed by atoms with Crippen molar-refractivity contribution in [3.8, 4) is 6.07 Å². The molecule has 5 nitrogen and oxygen atoms in total. The van der Waals surface area contributed by atoms with Crippen molar-refractivity contribution < 1.29 is 23.1 Å². The second kappa shape index (κ2) is 6.96. The highest BCUT2D eigenvalue weighted by atomic mass is 19.4. The molecule has 0 aliphatic rings. The van der Waals surface area contributed by atoms with Crippen LogP contribution in [-0.2, 0) is 17.5 Å². The Morgan fingerprint density at radius 3 is 2.56 bits per heavy atom. The number of hydrogen-bond acceptors (Lipinski definition) is 3. The Labute approximate surface area is 151 Å². The lowest BCUT2D eigenvalue weighted by Gasteiger charge is -2.08. The summed E-state index contributed by atoms with van der Waals surface area (Å²) in [5, 5.41) is 18.6. The van der Waals surface area contributed by atoms with Gasteiger partial charge in [-0.05, 0) is 35.9 Å². The zero-order chi connectivity index (χ0) is 19.6. The van der Waals surface area contributed by atoms with Gasteiger partial charge in [-0.2, -0.15) is 18.4 Å². The molecule has 0 aliphatic heterocycles. The zero-order valence-electron chi connectivity index (χ0n) is 13.7. The standard InChI is InChI=1S/C19H12F3N3O2/c20-19(21,22)15-5-3-12(4-6-15)10-25-11-14(8-13(9-23)18(26)27)16-2-1-7-24-17(16)25/h1-8,11H,10H2,(H,26,27)/b13-8+. The van der Waals surface area contributed by atoms with Crippen LogP contribution in [0.3, 0.4) is 0 Å². The molecule has 0 saturated heterocycles. The van der Waals surface area contributed by atoms with Crippen molar-refractivity contribution in [3.05, 3.63) is 71.1 Å². The fraction of sp³-hybridized carbons (Fsp3) is 0.105. The third kappa shape index (κ3) is 3.82. The first-order valence-electron chi connectivity index (χ1n) is 7.74. The zero-order valence-corrected chi connectivity index (χ0v) is 13.7. The molecule has 27 heavy (non-hydrogen) atoms. The third-order valence-corrected chi connectivity index (χ3v) is 3.95. The molecule has 0 amide bonds. The van der Waals surface area contributed by atoms with Crippen LogP contribution in [-0.4, -0.2) is 20.6 Å². The van der Waals surface area contributed by atoms with E-state index in [2.05, 4.69) is 4.98 Å².